The van der Waals surface area contributed by atoms with Gasteiger partial charge >= 0.3 is 11.9 Å². The second-order valence-electron chi connectivity index (χ2n) is 6.65. The number of nitrogens with two attached hydrogens (primary N) is 1. The number of carbonyl (C=O) groups excluding carboxylic acids is 1. The van der Waals surface area contributed by atoms with Crippen molar-refractivity contribution >= 4 is 34.5 Å². The molecule has 0 fully saturated rings. The lowest BCUT2D eigenvalue weighted by atomic mass is 10.0. The third kappa shape index (κ3) is 4.13. The Kier molecular flexibility index (Phi) is 6.10. The number of aromatic carboxylic acids is 1. The van der Waals surface area contributed by atoms with Crippen LogP contribution in [-0.4, -0.2) is 46.1 Å². The van der Waals surface area contributed by atoms with E-state index in [4.69, 9.17) is 20.6 Å². The third-order valence-electron chi connectivity index (χ3n) is 4.78. The number of imidazole rings is 1. The van der Waals surface area contributed by atoms with E-state index in [1.807, 2.05) is 11.6 Å². The number of hydrogen-bond acceptors (Lipinski definition) is 7. The van der Waals surface area contributed by atoms with Gasteiger partial charge in [-0.1, -0.05) is 0 Å². The fraction of sp³-hybridized carbons (Fsp3) is 0.238. The van der Waals surface area contributed by atoms with Gasteiger partial charge in [0.15, 0.2) is 5.75 Å². The van der Waals surface area contributed by atoms with Crippen LogP contribution >= 0.6 is 0 Å². The Morgan fingerprint density at radius 3 is 2.65 bits per heavy atom. The van der Waals surface area contributed by atoms with Gasteiger partial charge in [-0.05, 0) is 37.3 Å². The Hall–Kier alpha value is -4.08. The minimum Gasteiger partial charge on any atom is -0.494 e. The molecule has 0 aliphatic carbocycles. The average Bonchev–Trinajstić information content (AvgIpc) is 3.06. The van der Waals surface area contributed by atoms with E-state index in [0.717, 1.165) is 5.52 Å². The molecule has 0 radical (unpaired) electrons. The van der Waals surface area contributed by atoms with Gasteiger partial charge in [-0.25, -0.2) is 14.6 Å². The number of anilines is 1. The van der Waals surface area contributed by atoms with E-state index in [0.29, 0.717) is 17.0 Å². The number of nitrogens with zero attached hydrogens (tertiary/aromatic N) is 2. The first-order valence-electron chi connectivity index (χ1n) is 9.43. The number of nitrogens with one attached hydrogen (secondary N) is 2. The molecule has 2 aromatic carbocycles. The maximum Gasteiger partial charge on any atom is 0.339 e. The molecule has 0 aliphatic heterocycles. The number of benzene rings is 2. The van der Waals surface area contributed by atoms with Crippen molar-refractivity contribution in [2.75, 3.05) is 19.0 Å². The van der Waals surface area contributed by atoms with Crippen LogP contribution in [0.3, 0.4) is 0 Å². The maximum atomic E-state index is 12.2. The maximum absolute atomic E-state index is 12.2. The largest absolute Gasteiger partial charge is 0.494 e. The molecule has 3 aromatic rings. The molecule has 0 bridgehead atoms. The molecular formula is C21H23N5O5. The summed E-state index contributed by atoms with van der Waals surface area (Å²) >= 11 is 0. The second-order valence-corrected chi connectivity index (χ2v) is 6.65. The summed E-state index contributed by atoms with van der Waals surface area (Å²) in [4.78, 5) is 28.0. The molecule has 162 valence electrons. The Balaban J connectivity index is 1.95. The van der Waals surface area contributed by atoms with E-state index in [2.05, 4.69) is 10.3 Å². The lowest BCUT2D eigenvalue weighted by Gasteiger charge is -2.17. The molecule has 0 unspecified atom stereocenters. The lowest BCUT2D eigenvalue weighted by Crippen LogP contribution is -2.20. The first-order chi connectivity index (χ1) is 14.8. The highest BCUT2D eigenvalue weighted by Gasteiger charge is 2.22. The predicted octanol–water partition coefficient (Wildman–Crippen LogP) is 2.35. The van der Waals surface area contributed by atoms with Crippen LogP contribution in [0.5, 0.6) is 5.75 Å². The van der Waals surface area contributed by atoms with Crippen LogP contribution in [0.15, 0.2) is 30.3 Å². The molecule has 31 heavy (non-hydrogen) atoms. The highest BCUT2D eigenvalue weighted by atomic mass is 16.5. The Bertz CT molecular complexity index is 1180. The van der Waals surface area contributed by atoms with Gasteiger partial charge in [-0.2, -0.15) is 0 Å². The van der Waals surface area contributed by atoms with Crippen LogP contribution in [0, 0.1) is 5.41 Å². The van der Waals surface area contributed by atoms with E-state index in [1.165, 1.54) is 25.3 Å². The minimum absolute atomic E-state index is 0.140. The number of nitrogen functional groups attached to an aromatic ring is 1. The van der Waals surface area contributed by atoms with Gasteiger partial charge in [0.05, 0.1) is 53.7 Å². The minimum atomic E-state index is -1.02. The normalized spacial score (nSPS) is 10.7. The van der Waals surface area contributed by atoms with Gasteiger partial charge in [0.25, 0.3) is 0 Å². The molecular weight excluding hydrogens is 402 g/mol. The van der Waals surface area contributed by atoms with Gasteiger partial charge < -0.3 is 30.2 Å². The first-order valence-corrected chi connectivity index (χ1v) is 9.43. The van der Waals surface area contributed by atoms with Crippen molar-refractivity contribution in [3.05, 3.63) is 52.8 Å². The number of carbonyl (C=O) groups is 2. The third-order valence-corrected chi connectivity index (χ3v) is 4.78. The number of hydrogen-bond donors (Lipinski definition) is 4. The molecule has 5 N–H and O–H groups in total. The molecule has 0 spiro atoms. The van der Waals surface area contributed by atoms with Crippen LogP contribution in [-0.2, 0) is 18.3 Å². The molecule has 0 saturated carbocycles. The number of fused-ring (bicyclic) bond motifs is 1. The summed E-state index contributed by atoms with van der Waals surface area (Å²) in [6, 6.07) is 7.91. The highest BCUT2D eigenvalue weighted by molar-refractivity contribution is 6.09. The van der Waals surface area contributed by atoms with Crippen molar-refractivity contribution in [3.63, 3.8) is 0 Å². The van der Waals surface area contributed by atoms with Gasteiger partial charge in [-0.15, -0.1) is 0 Å². The summed E-state index contributed by atoms with van der Waals surface area (Å²) in [5, 5.41) is 20.3. The standard InChI is InChI=1S/C21H23N5O5/c1-4-31-21(29)12-6-7-13(18(30-3)17(12)19(22)23)24-10-16-25-14-9-11(20(27)28)5-8-15(14)26(16)2/h5-9,24H,4,10H2,1-3H3,(H3,22,23)(H,27,28). The van der Waals surface area contributed by atoms with Gasteiger partial charge in [0, 0.05) is 7.05 Å². The summed E-state index contributed by atoms with van der Waals surface area (Å²) in [7, 11) is 3.25. The van der Waals surface area contributed by atoms with Crippen molar-refractivity contribution in [1.82, 2.24) is 9.55 Å². The predicted molar refractivity (Wildman–Crippen MR) is 115 cm³/mol. The number of rotatable bonds is 8. The molecule has 0 saturated heterocycles. The van der Waals surface area contributed by atoms with E-state index in [-0.39, 0.29) is 41.4 Å². The zero-order valence-electron chi connectivity index (χ0n) is 17.4. The topological polar surface area (TPSA) is 153 Å². The van der Waals surface area contributed by atoms with Crippen molar-refractivity contribution in [1.29, 1.82) is 5.41 Å². The number of esters is 1. The summed E-state index contributed by atoms with van der Waals surface area (Å²) < 4.78 is 12.3. The number of aromatic nitrogens is 2. The Labute approximate surface area is 178 Å². The van der Waals surface area contributed by atoms with E-state index in [1.54, 1.807) is 19.1 Å². The Morgan fingerprint density at radius 2 is 2.03 bits per heavy atom. The summed E-state index contributed by atoms with van der Waals surface area (Å²) in [6.07, 6.45) is 0. The van der Waals surface area contributed by atoms with Crippen LogP contribution in [0.25, 0.3) is 11.0 Å². The van der Waals surface area contributed by atoms with Crippen LogP contribution in [0.1, 0.15) is 39.0 Å². The van der Waals surface area contributed by atoms with Crippen LogP contribution in [0.2, 0.25) is 0 Å². The zero-order valence-corrected chi connectivity index (χ0v) is 17.4. The van der Waals surface area contributed by atoms with Gasteiger partial charge in [0.2, 0.25) is 0 Å². The molecule has 1 aromatic heterocycles. The number of methoxy groups -OCH3 is 1. The SMILES string of the molecule is CCOC(=O)c1ccc(NCc2nc3cc(C(=O)O)ccc3n2C)c(OC)c1C(=N)N. The van der Waals surface area contributed by atoms with Gasteiger partial charge in [0.1, 0.15) is 11.7 Å². The molecule has 3 rings (SSSR count). The van der Waals surface area contributed by atoms with Gasteiger partial charge in [-0.3, -0.25) is 5.41 Å². The number of amidine groups is 1. The molecule has 10 nitrogen and oxygen atoms in total. The van der Waals surface area contributed by atoms with Crippen molar-refractivity contribution < 1.29 is 24.2 Å². The summed E-state index contributed by atoms with van der Waals surface area (Å²) in [5.74, 6) is -1.05. The lowest BCUT2D eigenvalue weighted by molar-refractivity contribution is 0.0525. The smallest absolute Gasteiger partial charge is 0.339 e. The fourth-order valence-electron chi connectivity index (χ4n) is 3.30. The molecule has 0 atom stereocenters. The van der Waals surface area contributed by atoms with Crippen LogP contribution < -0.4 is 15.8 Å². The highest BCUT2D eigenvalue weighted by Crippen LogP contribution is 2.32. The monoisotopic (exact) mass is 425 g/mol. The van der Waals surface area contributed by atoms with Crippen molar-refractivity contribution in [2.24, 2.45) is 12.8 Å². The average molecular weight is 425 g/mol. The van der Waals surface area contributed by atoms with Crippen molar-refractivity contribution in [2.45, 2.75) is 13.5 Å². The summed E-state index contributed by atoms with van der Waals surface area (Å²) in [5.41, 5.74) is 8.02. The zero-order chi connectivity index (χ0) is 22.7. The van der Waals surface area contributed by atoms with E-state index < -0.39 is 11.9 Å². The van der Waals surface area contributed by atoms with E-state index in [9.17, 15) is 14.7 Å². The van der Waals surface area contributed by atoms with Crippen LogP contribution in [0.4, 0.5) is 5.69 Å². The Morgan fingerprint density at radius 1 is 1.29 bits per heavy atom. The number of carboxylic acids is 1. The molecule has 10 heteroatoms. The quantitative estimate of drug-likeness (QED) is 0.244. The van der Waals surface area contributed by atoms with Crippen molar-refractivity contribution in [3.8, 4) is 5.75 Å². The number of carboxylic acid groups (broad SMARTS) is 1. The fourth-order valence-corrected chi connectivity index (χ4v) is 3.30. The molecule has 0 amide bonds. The second kappa shape index (κ2) is 8.74. The molecule has 0 aliphatic rings. The first kappa shape index (κ1) is 21.6. The summed E-state index contributed by atoms with van der Waals surface area (Å²) in [6.45, 7) is 2.16. The van der Waals surface area contributed by atoms with E-state index >= 15 is 0 Å². The number of ether oxygens (including phenoxy) is 2. The number of aryl methyl sites for hydroxylation is 1. The molecule has 1 heterocycles.